The Labute approximate surface area is 86.5 Å². The fraction of sp³-hybridized carbons (Fsp3) is 0.385. The molecular formula is C13H18O. The van der Waals surface area contributed by atoms with Crippen LogP contribution < -0.4 is 0 Å². The number of hydrogen-bond acceptors (Lipinski definition) is 1. The van der Waals surface area contributed by atoms with E-state index in [4.69, 9.17) is 4.74 Å². The lowest BCUT2D eigenvalue weighted by Gasteiger charge is -2.24. The van der Waals surface area contributed by atoms with Gasteiger partial charge in [-0.05, 0) is 19.4 Å². The Hall–Kier alpha value is -1.24. The molecule has 0 atom stereocenters. The summed E-state index contributed by atoms with van der Waals surface area (Å²) in [4.78, 5) is 0. The molecule has 1 nitrogen and oxygen atoms in total. The quantitative estimate of drug-likeness (QED) is 0.618. The lowest BCUT2D eigenvalue weighted by Crippen LogP contribution is -2.14. The summed E-state index contributed by atoms with van der Waals surface area (Å²) in [6, 6.07) is 0. The van der Waals surface area contributed by atoms with Crippen LogP contribution in [0, 0.1) is 5.41 Å². The second-order valence-electron chi connectivity index (χ2n) is 3.57. The van der Waals surface area contributed by atoms with Crippen molar-refractivity contribution in [1.29, 1.82) is 0 Å². The Morgan fingerprint density at radius 2 is 1.79 bits per heavy atom. The molecule has 0 heterocycles. The van der Waals surface area contributed by atoms with Crippen molar-refractivity contribution in [3.8, 4) is 0 Å². The van der Waals surface area contributed by atoms with Crippen LogP contribution in [0.2, 0.25) is 0 Å². The second kappa shape index (κ2) is 4.85. The van der Waals surface area contributed by atoms with Gasteiger partial charge in [0, 0.05) is 0 Å². The molecule has 0 radical (unpaired) electrons. The van der Waals surface area contributed by atoms with E-state index in [0.717, 1.165) is 12.2 Å². The maximum atomic E-state index is 5.42. The molecule has 0 amide bonds. The number of methoxy groups -OCH3 is 1. The molecule has 1 rings (SSSR count). The van der Waals surface area contributed by atoms with Crippen LogP contribution in [0.5, 0.6) is 0 Å². The maximum absolute atomic E-state index is 5.42. The van der Waals surface area contributed by atoms with Crippen molar-refractivity contribution in [3.05, 3.63) is 48.3 Å². The molecular weight excluding hydrogens is 172 g/mol. The van der Waals surface area contributed by atoms with Gasteiger partial charge in [-0.3, -0.25) is 0 Å². The van der Waals surface area contributed by atoms with Crippen molar-refractivity contribution in [2.24, 2.45) is 5.41 Å². The van der Waals surface area contributed by atoms with E-state index in [0.29, 0.717) is 0 Å². The van der Waals surface area contributed by atoms with Gasteiger partial charge in [0.05, 0.1) is 12.5 Å². The Balaban J connectivity index is 2.98. The van der Waals surface area contributed by atoms with E-state index in [9.17, 15) is 0 Å². The van der Waals surface area contributed by atoms with Crippen molar-refractivity contribution in [2.75, 3.05) is 7.11 Å². The minimum absolute atomic E-state index is 0.103. The van der Waals surface area contributed by atoms with Crippen molar-refractivity contribution >= 4 is 0 Å². The highest BCUT2D eigenvalue weighted by Crippen LogP contribution is 2.32. The lowest BCUT2D eigenvalue weighted by molar-refractivity contribution is 0.234. The van der Waals surface area contributed by atoms with Gasteiger partial charge in [-0.25, -0.2) is 0 Å². The molecule has 1 aliphatic rings. The number of allylic oxidation sites excluding steroid dienone is 6. The second-order valence-corrected chi connectivity index (χ2v) is 3.57. The van der Waals surface area contributed by atoms with Gasteiger partial charge >= 0.3 is 0 Å². The van der Waals surface area contributed by atoms with Crippen molar-refractivity contribution in [1.82, 2.24) is 0 Å². The first-order valence-electron chi connectivity index (χ1n) is 5.01. The Bertz CT molecular complexity index is 276. The zero-order valence-corrected chi connectivity index (χ0v) is 9.16. The predicted octanol–water partition coefficient (Wildman–Crippen LogP) is 3.62. The average Bonchev–Trinajstić information content (AvgIpc) is 2.40. The molecule has 0 aromatic carbocycles. The summed E-state index contributed by atoms with van der Waals surface area (Å²) in [5.74, 6) is 1.01. The minimum atomic E-state index is -0.103. The van der Waals surface area contributed by atoms with E-state index in [1.165, 1.54) is 0 Å². The number of hydrogen-bond donors (Lipinski definition) is 0. The molecule has 1 aliphatic carbocycles. The van der Waals surface area contributed by atoms with E-state index >= 15 is 0 Å². The molecule has 0 aromatic rings. The van der Waals surface area contributed by atoms with Crippen LogP contribution in [0.1, 0.15) is 20.3 Å². The third-order valence-corrected chi connectivity index (χ3v) is 2.36. The van der Waals surface area contributed by atoms with E-state index in [-0.39, 0.29) is 5.41 Å². The summed E-state index contributed by atoms with van der Waals surface area (Å²) in [6.07, 6.45) is 15.6. The summed E-state index contributed by atoms with van der Waals surface area (Å²) < 4.78 is 5.42. The summed E-state index contributed by atoms with van der Waals surface area (Å²) >= 11 is 0. The Morgan fingerprint density at radius 1 is 1.21 bits per heavy atom. The highest BCUT2D eigenvalue weighted by atomic mass is 16.5. The molecule has 0 unspecified atom stereocenters. The van der Waals surface area contributed by atoms with E-state index in [1.807, 2.05) is 12.2 Å². The highest BCUT2D eigenvalue weighted by molar-refractivity contribution is 5.31. The van der Waals surface area contributed by atoms with Gasteiger partial charge in [-0.1, -0.05) is 43.4 Å². The van der Waals surface area contributed by atoms with Gasteiger partial charge in [0.2, 0.25) is 0 Å². The molecule has 14 heavy (non-hydrogen) atoms. The number of ether oxygens (including phenoxy) is 1. The Morgan fingerprint density at radius 3 is 2.21 bits per heavy atom. The Kier molecular flexibility index (Phi) is 3.75. The van der Waals surface area contributed by atoms with E-state index in [1.54, 1.807) is 7.11 Å². The van der Waals surface area contributed by atoms with Gasteiger partial charge in [-0.2, -0.15) is 0 Å². The smallest absolute Gasteiger partial charge is 0.105 e. The van der Waals surface area contributed by atoms with Gasteiger partial charge in [0.25, 0.3) is 0 Å². The zero-order valence-electron chi connectivity index (χ0n) is 9.16. The van der Waals surface area contributed by atoms with Crippen LogP contribution in [-0.2, 0) is 4.74 Å². The molecule has 0 saturated carbocycles. The van der Waals surface area contributed by atoms with Crippen LogP contribution in [0.3, 0.4) is 0 Å². The third-order valence-electron chi connectivity index (χ3n) is 2.36. The lowest BCUT2D eigenvalue weighted by atomic mass is 9.87. The first-order valence-corrected chi connectivity index (χ1v) is 5.01. The molecule has 0 aromatic heterocycles. The molecule has 76 valence electrons. The van der Waals surface area contributed by atoms with Crippen LogP contribution in [-0.4, -0.2) is 7.11 Å². The topological polar surface area (TPSA) is 9.23 Å². The first-order chi connectivity index (χ1) is 6.73. The molecule has 0 spiro atoms. The zero-order chi connectivity index (χ0) is 10.4. The highest BCUT2D eigenvalue weighted by Gasteiger charge is 2.23. The van der Waals surface area contributed by atoms with Crippen molar-refractivity contribution < 1.29 is 4.74 Å². The molecule has 0 aliphatic heterocycles. The van der Waals surface area contributed by atoms with Crippen LogP contribution in [0.4, 0.5) is 0 Å². The third kappa shape index (κ3) is 2.38. The maximum Gasteiger partial charge on any atom is 0.105 e. The van der Waals surface area contributed by atoms with E-state index < -0.39 is 0 Å². The summed E-state index contributed by atoms with van der Waals surface area (Å²) in [6.45, 7) is 4.27. The van der Waals surface area contributed by atoms with Crippen molar-refractivity contribution in [2.45, 2.75) is 20.3 Å². The SMILES string of the molecule is CC/C=C(/OC)C1(C)C=CC=CC=C1. The fourth-order valence-electron chi connectivity index (χ4n) is 1.57. The summed E-state index contributed by atoms with van der Waals surface area (Å²) in [5.41, 5.74) is -0.103. The standard InChI is InChI=1S/C13H18O/c1-4-9-12(14-3)13(2)10-7-5-6-8-11-13/h5-11H,4H2,1-3H3/b12-9+. The molecule has 1 heteroatoms. The van der Waals surface area contributed by atoms with Gasteiger partial charge in [0.15, 0.2) is 0 Å². The average molecular weight is 190 g/mol. The van der Waals surface area contributed by atoms with Crippen LogP contribution in [0.15, 0.2) is 48.3 Å². The van der Waals surface area contributed by atoms with Gasteiger partial charge in [-0.15, -0.1) is 0 Å². The minimum Gasteiger partial charge on any atom is -0.500 e. The van der Waals surface area contributed by atoms with Gasteiger partial charge < -0.3 is 4.74 Å². The van der Waals surface area contributed by atoms with Crippen molar-refractivity contribution in [3.63, 3.8) is 0 Å². The number of rotatable bonds is 3. The first kappa shape index (κ1) is 10.8. The normalized spacial score (nSPS) is 19.5. The van der Waals surface area contributed by atoms with E-state index in [2.05, 4.69) is 44.2 Å². The predicted molar refractivity (Wildman–Crippen MR) is 60.9 cm³/mol. The van der Waals surface area contributed by atoms with Gasteiger partial charge in [0.1, 0.15) is 5.76 Å². The molecule has 0 saturated heterocycles. The summed E-state index contributed by atoms with van der Waals surface area (Å²) in [7, 11) is 1.73. The monoisotopic (exact) mass is 190 g/mol. The molecule has 0 fully saturated rings. The van der Waals surface area contributed by atoms with Crippen LogP contribution in [0.25, 0.3) is 0 Å². The molecule has 0 N–H and O–H groups in total. The van der Waals surface area contributed by atoms with Crippen LogP contribution >= 0.6 is 0 Å². The summed E-state index contributed by atoms with van der Waals surface area (Å²) in [5, 5.41) is 0. The molecule has 0 bridgehead atoms. The largest absolute Gasteiger partial charge is 0.500 e. The fourth-order valence-corrected chi connectivity index (χ4v) is 1.57.